The van der Waals surface area contributed by atoms with E-state index >= 15 is 0 Å². The van der Waals surface area contributed by atoms with Crippen LogP contribution in [0.3, 0.4) is 0 Å². The minimum absolute atomic E-state index is 0.236. The van der Waals surface area contributed by atoms with Crippen molar-refractivity contribution < 1.29 is 9.48 Å². The number of carbonyl (C=O) groups is 1. The highest BCUT2D eigenvalue weighted by molar-refractivity contribution is 5.83. The number of nitrogens with one attached hydrogen (secondary N) is 1. The van der Waals surface area contributed by atoms with Gasteiger partial charge in [-0.2, -0.15) is 0 Å². The van der Waals surface area contributed by atoms with Crippen molar-refractivity contribution in [2.45, 2.75) is 25.3 Å². The first-order chi connectivity index (χ1) is 8.83. The monoisotopic (exact) mass is 241 g/mol. The maximum Gasteiger partial charge on any atom is 0.284 e. The van der Waals surface area contributed by atoms with Crippen molar-refractivity contribution in [2.24, 2.45) is 17.8 Å². The third-order valence-electron chi connectivity index (χ3n) is 4.82. The van der Waals surface area contributed by atoms with Gasteiger partial charge in [-0.1, -0.05) is 18.2 Å². The normalized spacial score (nSPS) is 39.1. The fourth-order valence-corrected chi connectivity index (χ4v) is 4.12. The molecule has 92 valence electrons. The molecule has 1 aromatic rings. The maximum atomic E-state index is 12.1. The second-order valence-corrected chi connectivity index (χ2v) is 5.77. The summed E-state index contributed by atoms with van der Waals surface area (Å²) in [4.78, 5) is 12.1. The lowest BCUT2D eigenvalue weighted by Gasteiger charge is -2.16. The molecule has 1 aliphatic heterocycles. The first-order valence-corrected chi connectivity index (χ1v) is 6.82. The van der Waals surface area contributed by atoms with E-state index in [1.807, 2.05) is 18.2 Å². The molecule has 4 unspecified atom stereocenters. The van der Waals surface area contributed by atoms with Crippen molar-refractivity contribution in [3.8, 4) is 0 Å². The van der Waals surface area contributed by atoms with Gasteiger partial charge in [-0.3, -0.25) is 4.79 Å². The number of hydrogen-bond acceptors (Lipinski definition) is 1. The Labute approximate surface area is 106 Å². The van der Waals surface area contributed by atoms with E-state index in [0.29, 0.717) is 17.9 Å². The Bertz CT molecular complexity index is 523. The van der Waals surface area contributed by atoms with Crippen molar-refractivity contribution in [3.05, 3.63) is 35.9 Å². The third-order valence-corrected chi connectivity index (χ3v) is 4.82. The van der Waals surface area contributed by atoms with E-state index in [-0.39, 0.29) is 11.8 Å². The van der Waals surface area contributed by atoms with Crippen LogP contribution < -0.4 is 5.43 Å². The smallest absolute Gasteiger partial charge is 0.269 e. The minimum Gasteiger partial charge on any atom is -0.269 e. The van der Waals surface area contributed by atoms with Crippen LogP contribution in [0.25, 0.3) is 0 Å². The van der Waals surface area contributed by atoms with E-state index in [1.54, 1.807) is 0 Å². The molecule has 3 aliphatic rings. The molecule has 1 heterocycles. The van der Waals surface area contributed by atoms with Crippen LogP contribution in [0.15, 0.2) is 30.3 Å². The molecule has 0 aromatic heterocycles. The first-order valence-electron chi connectivity index (χ1n) is 6.82. The Morgan fingerprint density at radius 3 is 2.78 bits per heavy atom. The SMILES string of the molecule is O=C1N/[N+](=C/c2ccccc2)C2C3CCC(C3)C12. The number of rotatable bonds is 1. The highest BCUT2D eigenvalue weighted by atomic mass is 16.2. The Morgan fingerprint density at radius 1 is 1.17 bits per heavy atom. The van der Waals surface area contributed by atoms with Gasteiger partial charge in [0.1, 0.15) is 5.92 Å². The largest absolute Gasteiger partial charge is 0.284 e. The van der Waals surface area contributed by atoms with E-state index in [1.165, 1.54) is 19.3 Å². The second kappa shape index (κ2) is 3.67. The van der Waals surface area contributed by atoms with Crippen molar-refractivity contribution in [2.75, 3.05) is 0 Å². The zero-order valence-corrected chi connectivity index (χ0v) is 10.3. The molecule has 18 heavy (non-hydrogen) atoms. The molecule has 1 amide bonds. The van der Waals surface area contributed by atoms with Crippen LogP contribution in [0.2, 0.25) is 0 Å². The topological polar surface area (TPSA) is 32.1 Å². The number of hydrazine groups is 1. The number of amides is 1. The Morgan fingerprint density at radius 2 is 1.94 bits per heavy atom. The van der Waals surface area contributed by atoms with Crippen molar-refractivity contribution in [1.29, 1.82) is 0 Å². The van der Waals surface area contributed by atoms with Crippen LogP contribution >= 0.6 is 0 Å². The lowest BCUT2D eigenvalue weighted by Crippen LogP contribution is -2.34. The zero-order valence-electron chi connectivity index (χ0n) is 10.3. The fourth-order valence-electron chi connectivity index (χ4n) is 4.12. The number of hydrogen-bond donors (Lipinski definition) is 1. The van der Waals surface area contributed by atoms with Crippen LogP contribution in [-0.2, 0) is 4.79 Å². The average Bonchev–Trinajstić information content (AvgIpc) is 3.05. The number of fused-ring (bicyclic) bond motifs is 5. The molecule has 2 saturated carbocycles. The van der Waals surface area contributed by atoms with Gasteiger partial charge in [0.05, 0.1) is 0 Å². The van der Waals surface area contributed by atoms with Gasteiger partial charge < -0.3 is 0 Å². The summed E-state index contributed by atoms with van der Waals surface area (Å²) in [7, 11) is 0. The summed E-state index contributed by atoms with van der Waals surface area (Å²) >= 11 is 0. The molecule has 0 spiro atoms. The molecule has 3 fully saturated rings. The predicted molar refractivity (Wildman–Crippen MR) is 68.1 cm³/mol. The zero-order chi connectivity index (χ0) is 12.1. The Hall–Kier alpha value is -1.64. The molecule has 1 saturated heterocycles. The molecule has 3 nitrogen and oxygen atoms in total. The van der Waals surface area contributed by atoms with Gasteiger partial charge in [0, 0.05) is 11.5 Å². The number of carbonyl (C=O) groups excluding carboxylic acids is 1. The minimum atomic E-state index is 0.236. The summed E-state index contributed by atoms with van der Waals surface area (Å²) in [5, 5.41) is 0. The molecule has 0 radical (unpaired) electrons. The molecule has 4 atom stereocenters. The van der Waals surface area contributed by atoms with Crippen LogP contribution in [0.4, 0.5) is 0 Å². The molecule has 2 bridgehead atoms. The van der Waals surface area contributed by atoms with Gasteiger partial charge in [-0.15, -0.1) is 10.1 Å². The van der Waals surface area contributed by atoms with Crippen molar-refractivity contribution >= 4 is 12.1 Å². The number of benzene rings is 1. The van der Waals surface area contributed by atoms with E-state index in [4.69, 9.17) is 0 Å². The van der Waals surface area contributed by atoms with E-state index in [0.717, 1.165) is 5.56 Å². The molecule has 1 N–H and O–H groups in total. The summed E-state index contributed by atoms with van der Waals surface area (Å²) in [5.74, 6) is 1.82. The van der Waals surface area contributed by atoms with Gasteiger partial charge in [-0.05, 0) is 37.3 Å². The van der Waals surface area contributed by atoms with Gasteiger partial charge in [0.25, 0.3) is 5.91 Å². The summed E-state index contributed by atoms with van der Waals surface area (Å²) < 4.78 is 2.08. The van der Waals surface area contributed by atoms with Crippen LogP contribution in [0.1, 0.15) is 24.8 Å². The predicted octanol–water partition coefficient (Wildman–Crippen LogP) is 1.58. The fraction of sp³-hybridized carbons (Fsp3) is 0.467. The lowest BCUT2D eigenvalue weighted by molar-refractivity contribution is -0.598. The van der Waals surface area contributed by atoms with Crippen molar-refractivity contribution in [1.82, 2.24) is 5.43 Å². The third kappa shape index (κ3) is 1.36. The standard InChI is InChI=1S/C15H16N2O/c18-15-13-11-6-7-12(8-11)14(13)17(16-15)9-10-4-2-1-3-5-10/h1-5,9,11-14H,6-8H2/p+1/b17-9+. The molecule has 4 rings (SSSR count). The summed E-state index contributed by atoms with van der Waals surface area (Å²) in [6.45, 7) is 0. The van der Waals surface area contributed by atoms with E-state index < -0.39 is 0 Å². The van der Waals surface area contributed by atoms with E-state index in [2.05, 4.69) is 28.5 Å². The molecule has 1 aromatic carbocycles. The van der Waals surface area contributed by atoms with Gasteiger partial charge >= 0.3 is 0 Å². The Balaban J connectivity index is 1.71. The van der Waals surface area contributed by atoms with Crippen molar-refractivity contribution in [3.63, 3.8) is 0 Å². The maximum absolute atomic E-state index is 12.1. The molecular weight excluding hydrogens is 224 g/mol. The van der Waals surface area contributed by atoms with Crippen LogP contribution in [-0.4, -0.2) is 22.8 Å². The summed E-state index contributed by atoms with van der Waals surface area (Å²) in [5.41, 5.74) is 4.20. The van der Waals surface area contributed by atoms with Crippen LogP contribution in [0, 0.1) is 17.8 Å². The lowest BCUT2D eigenvalue weighted by atomic mass is 9.85. The quantitative estimate of drug-likeness (QED) is 0.744. The second-order valence-electron chi connectivity index (χ2n) is 5.77. The highest BCUT2D eigenvalue weighted by Gasteiger charge is 2.61. The van der Waals surface area contributed by atoms with E-state index in [9.17, 15) is 4.79 Å². The average molecular weight is 241 g/mol. The highest BCUT2D eigenvalue weighted by Crippen LogP contribution is 2.51. The number of nitrogens with zero attached hydrogens (tertiary/aromatic N) is 1. The van der Waals surface area contributed by atoms with Gasteiger partial charge in [-0.25, -0.2) is 0 Å². The Kier molecular flexibility index (Phi) is 2.10. The van der Waals surface area contributed by atoms with Gasteiger partial charge in [0.2, 0.25) is 6.21 Å². The first kappa shape index (κ1) is 10.3. The van der Waals surface area contributed by atoms with Crippen LogP contribution in [0.5, 0.6) is 0 Å². The summed E-state index contributed by atoms with van der Waals surface area (Å²) in [6, 6.07) is 10.6. The number of hydrazone groups is 1. The summed E-state index contributed by atoms with van der Waals surface area (Å²) in [6.07, 6.45) is 5.88. The van der Waals surface area contributed by atoms with Gasteiger partial charge in [0.15, 0.2) is 6.04 Å². The molecule has 2 aliphatic carbocycles. The molecule has 3 heteroatoms. The molecular formula is C15H17N2O+.